The maximum atomic E-state index is 11.4. The van der Waals surface area contributed by atoms with Gasteiger partial charge in [0.15, 0.2) is 5.78 Å². The molecule has 64 valence electrons. The molecule has 0 aromatic carbocycles. The van der Waals surface area contributed by atoms with Gasteiger partial charge in [-0.3, -0.25) is 10.6 Å². The number of hydrazine groups is 1. The van der Waals surface area contributed by atoms with Crippen LogP contribution in [0.3, 0.4) is 0 Å². The van der Waals surface area contributed by atoms with Crippen LogP contribution < -0.4 is 11.3 Å². The number of carbonyl (C=O) groups excluding carboxylic acids is 1. The molecule has 1 rings (SSSR count). The molecular formula is C8H16N2O. The van der Waals surface area contributed by atoms with Gasteiger partial charge in [0, 0.05) is 5.92 Å². The Hall–Kier alpha value is -0.410. The van der Waals surface area contributed by atoms with Crippen molar-refractivity contribution in [2.75, 3.05) is 0 Å². The van der Waals surface area contributed by atoms with Gasteiger partial charge < -0.3 is 0 Å². The molecule has 3 heteroatoms. The summed E-state index contributed by atoms with van der Waals surface area (Å²) in [4.78, 5) is 11.4. The summed E-state index contributed by atoms with van der Waals surface area (Å²) in [5, 5.41) is 0. The topological polar surface area (TPSA) is 55.1 Å². The van der Waals surface area contributed by atoms with E-state index in [0.717, 1.165) is 12.8 Å². The summed E-state index contributed by atoms with van der Waals surface area (Å²) in [7, 11) is 0. The molecule has 3 nitrogen and oxygen atoms in total. The van der Waals surface area contributed by atoms with Gasteiger partial charge in [-0.05, 0) is 18.8 Å². The predicted molar refractivity (Wildman–Crippen MR) is 43.7 cm³/mol. The van der Waals surface area contributed by atoms with Gasteiger partial charge in [0.25, 0.3) is 0 Å². The third-order valence-electron chi connectivity index (χ3n) is 2.13. The SMILES string of the molecule is CC(C)[C@H](NN)C(=O)C1CC1. The first kappa shape index (κ1) is 8.68. The Bertz CT molecular complexity index is 152. The highest BCUT2D eigenvalue weighted by molar-refractivity contribution is 5.88. The van der Waals surface area contributed by atoms with Crippen LogP contribution in [0.5, 0.6) is 0 Å². The van der Waals surface area contributed by atoms with Crippen LogP contribution in [0.2, 0.25) is 0 Å². The second kappa shape index (κ2) is 3.32. The lowest BCUT2D eigenvalue weighted by Crippen LogP contribution is -2.45. The molecule has 0 unspecified atom stereocenters. The fraction of sp³-hybridized carbons (Fsp3) is 0.875. The summed E-state index contributed by atoms with van der Waals surface area (Å²) >= 11 is 0. The van der Waals surface area contributed by atoms with E-state index in [2.05, 4.69) is 5.43 Å². The van der Waals surface area contributed by atoms with Crippen molar-refractivity contribution in [3.63, 3.8) is 0 Å². The molecule has 11 heavy (non-hydrogen) atoms. The molecule has 0 amide bonds. The third kappa shape index (κ3) is 2.01. The lowest BCUT2D eigenvalue weighted by Gasteiger charge is -2.17. The second-order valence-electron chi connectivity index (χ2n) is 3.56. The number of Topliss-reactive ketones (excluding diaryl/α,β-unsaturated/α-hetero) is 1. The van der Waals surface area contributed by atoms with Crippen molar-refractivity contribution >= 4 is 5.78 Å². The zero-order valence-electron chi connectivity index (χ0n) is 7.13. The number of nitrogens with two attached hydrogens (primary N) is 1. The summed E-state index contributed by atoms with van der Waals surface area (Å²) < 4.78 is 0. The molecular weight excluding hydrogens is 140 g/mol. The van der Waals surface area contributed by atoms with Gasteiger partial charge in [-0.25, -0.2) is 5.43 Å². The number of carbonyl (C=O) groups is 1. The Balaban J connectivity index is 2.45. The van der Waals surface area contributed by atoms with Crippen molar-refractivity contribution in [3.8, 4) is 0 Å². The summed E-state index contributed by atoms with van der Waals surface area (Å²) in [6.45, 7) is 4.01. The van der Waals surface area contributed by atoms with E-state index in [0.29, 0.717) is 17.6 Å². The third-order valence-corrected chi connectivity index (χ3v) is 2.13. The van der Waals surface area contributed by atoms with Crippen molar-refractivity contribution in [1.29, 1.82) is 0 Å². The first-order valence-electron chi connectivity index (χ1n) is 4.16. The number of nitrogens with one attached hydrogen (secondary N) is 1. The van der Waals surface area contributed by atoms with E-state index in [1.807, 2.05) is 13.8 Å². The minimum Gasteiger partial charge on any atom is -0.298 e. The summed E-state index contributed by atoms with van der Waals surface area (Å²) in [5.41, 5.74) is 2.57. The average molecular weight is 156 g/mol. The molecule has 0 spiro atoms. The van der Waals surface area contributed by atoms with E-state index in [1.54, 1.807) is 0 Å². The molecule has 0 saturated heterocycles. The Labute approximate surface area is 67.3 Å². The monoisotopic (exact) mass is 156 g/mol. The fourth-order valence-electron chi connectivity index (χ4n) is 1.22. The molecule has 0 aliphatic heterocycles. The fourth-order valence-corrected chi connectivity index (χ4v) is 1.22. The molecule has 0 aromatic heterocycles. The molecule has 1 aliphatic carbocycles. The zero-order chi connectivity index (χ0) is 8.43. The van der Waals surface area contributed by atoms with Gasteiger partial charge in [-0.1, -0.05) is 13.8 Å². The Morgan fingerprint density at radius 2 is 2.09 bits per heavy atom. The van der Waals surface area contributed by atoms with Crippen LogP contribution in [0.4, 0.5) is 0 Å². The first-order valence-corrected chi connectivity index (χ1v) is 4.16. The second-order valence-corrected chi connectivity index (χ2v) is 3.56. The largest absolute Gasteiger partial charge is 0.298 e. The molecule has 0 heterocycles. The summed E-state index contributed by atoms with van der Waals surface area (Å²) in [6.07, 6.45) is 2.12. The van der Waals surface area contributed by atoms with E-state index in [-0.39, 0.29) is 6.04 Å². The van der Waals surface area contributed by atoms with Crippen LogP contribution in [-0.2, 0) is 4.79 Å². The first-order chi connectivity index (χ1) is 5.16. The van der Waals surface area contributed by atoms with Crippen LogP contribution in [0.25, 0.3) is 0 Å². The number of ketones is 1. The van der Waals surface area contributed by atoms with E-state index >= 15 is 0 Å². The summed E-state index contributed by atoms with van der Waals surface area (Å²) in [6, 6.07) is -0.137. The molecule has 1 aliphatic rings. The highest BCUT2D eigenvalue weighted by Crippen LogP contribution is 2.31. The van der Waals surface area contributed by atoms with Crippen LogP contribution in [-0.4, -0.2) is 11.8 Å². The van der Waals surface area contributed by atoms with Crippen LogP contribution >= 0.6 is 0 Å². The molecule has 0 bridgehead atoms. The van der Waals surface area contributed by atoms with E-state index in [9.17, 15) is 4.79 Å². The smallest absolute Gasteiger partial charge is 0.154 e. The maximum absolute atomic E-state index is 11.4. The minimum atomic E-state index is -0.137. The molecule has 1 atom stereocenters. The lowest BCUT2D eigenvalue weighted by molar-refractivity contribution is -0.123. The van der Waals surface area contributed by atoms with Gasteiger partial charge >= 0.3 is 0 Å². The number of hydrogen-bond donors (Lipinski definition) is 2. The average Bonchev–Trinajstić information content (AvgIpc) is 2.68. The normalized spacial score (nSPS) is 20.4. The van der Waals surface area contributed by atoms with Crippen molar-refractivity contribution in [2.45, 2.75) is 32.7 Å². The van der Waals surface area contributed by atoms with Crippen molar-refractivity contribution in [2.24, 2.45) is 17.7 Å². The van der Waals surface area contributed by atoms with E-state index < -0.39 is 0 Å². The maximum Gasteiger partial charge on any atom is 0.154 e. The quantitative estimate of drug-likeness (QED) is 0.459. The predicted octanol–water partition coefficient (Wildman–Crippen LogP) is 0.453. The van der Waals surface area contributed by atoms with Crippen molar-refractivity contribution < 1.29 is 4.79 Å². The lowest BCUT2D eigenvalue weighted by atomic mass is 9.98. The molecule has 1 fully saturated rings. The van der Waals surface area contributed by atoms with Gasteiger partial charge in [-0.15, -0.1) is 0 Å². The van der Waals surface area contributed by atoms with E-state index in [1.165, 1.54) is 0 Å². The van der Waals surface area contributed by atoms with E-state index in [4.69, 9.17) is 5.84 Å². The van der Waals surface area contributed by atoms with Crippen LogP contribution in [0.15, 0.2) is 0 Å². The van der Waals surface area contributed by atoms with Crippen molar-refractivity contribution in [3.05, 3.63) is 0 Å². The summed E-state index contributed by atoms with van der Waals surface area (Å²) in [5.74, 6) is 6.17. The highest BCUT2D eigenvalue weighted by Gasteiger charge is 2.35. The van der Waals surface area contributed by atoms with Gasteiger partial charge in [0.2, 0.25) is 0 Å². The highest BCUT2D eigenvalue weighted by atomic mass is 16.1. The molecule has 1 saturated carbocycles. The zero-order valence-corrected chi connectivity index (χ0v) is 7.13. The molecule has 0 aromatic rings. The van der Waals surface area contributed by atoms with Crippen LogP contribution in [0.1, 0.15) is 26.7 Å². The molecule has 0 radical (unpaired) electrons. The van der Waals surface area contributed by atoms with Gasteiger partial charge in [0.1, 0.15) is 0 Å². The standard InChI is InChI=1S/C8H16N2O/c1-5(2)7(10-9)8(11)6-3-4-6/h5-7,10H,3-4,9H2,1-2H3/t7-/m0/s1. The van der Waals surface area contributed by atoms with Crippen molar-refractivity contribution in [1.82, 2.24) is 5.43 Å². The molecule has 3 N–H and O–H groups in total. The number of rotatable bonds is 4. The van der Waals surface area contributed by atoms with Gasteiger partial charge in [0.05, 0.1) is 6.04 Å². The Kier molecular flexibility index (Phi) is 2.62. The Morgan fingerprint density at radius 1 is 1.55 bits per heavy atom. The minimum absolute atomic E-state index is 0.137. The number of hydrogen-bond acceptors (Lipinski definition) is 3. The van der Waals surface area contributed by atoms with Crippen LogP contribution in [0, 0.1) is 11.8 Å². The van der Waals surface area contributed by atoms with Gasteiger partial charge in [-0.2, -0.15) is 0 Å². The Morgan fingerprint density at radius 3 is 2.36 bits per heavy atom.